The van der Waals surface area contributed by atoms with Gasteiger partial charge in [0, 0.05) is 6.42 Å². The van der Waals surface area contributed by atoms with E-state index in [1.54, 1.807) is 19.1 Å². The Balaban J connectivity index is 3.04. The van der Waals surface area contributed by atoms with E-state index in [1.807, 2.05) is 0 Å². The van der Waals surface area contributed by atoms with Crippen LogP contribution in [0.2, 0.25) is 0 Å². The van der Waals surface area contributed by atoms with Crippen molar-refractivity contribution in [2.75, 3.05) is 13.2 Å². The standard InChI is InChI=1S/C19H22Cl6O7S/c1-12-3-6-15(7-4-12)33(28,29)32-13(2)14(9-16(26)27)5-8-17(30-10-18(20,21)22)31-11-19(23,24)25/h3-4,6-7,17H,5,8-11H2,1-2H3,(H,26,27)/b14-13-. The van der Waals surface area contributed by atoms with Crippen molar-refractivity contribution in [1.29, 1.82) is 0 Å². The van der Waals surface area contributed by atoms with E-state index in [4.69, 9.17) is 83.3 Å². The Hall–Kier alpha value is -0.160. The van der Waals surface area contributed by atoms with Crippen LogP contribution in [0.1, 0.15) is 31.7 Å². The molecule has 0 saturated heterocycles. The van der Waals surface area contributed by atoms with Gasteiger partial charge in [-0.3, -0.25) is 4.79 Å². The number of hydrogen-bond donors (Lipinski definition) is 1. The number of carbonyl (C=O) groups is 1. The van der Waals surface area contributed by atoms with Crippen LogP contribution >= 0.6 is 69.6 Å². The second kappa shape index (κ2) is 13.2. The third-order valence-corrected chi connectivity index (χ3v) is 5.93. The molecule has 0 aromatic heterocycles. The monoisotopic (exact) mass is 604 g/mol. The first-order chi connectivity index (χ1) is 15.0. The molecule has 0 bridgehead atoms. The number of carboxylic acids is 1. The van der Waals surface area contributed by atoms with Gasteiger partial charge in [-0.15, -0.1) is 0 Å². The maximum Gasteiger partial charge on any atom is 0.338 e. The van der Waals surface area contributed by atoms with Crippen molar-refractivity contribution in [1.82, 2.24) is 0 Å². The maximum absolute atomic E-state index is 12.6. The van der Waals surface area contributed by atoms with Crippen molar-refractivity contribution >= 4 is 85.7 Å². The van der Waals surface area contributed by atoms with Gasteiger partial charge in [0.15, 0.2) is 6.29 Å². The third-order valence-electron chi connectivity index (χ3n) is 3.95. The van der Waals surface area contributed by atoms with Crippen LogP contribution in [0.3, 0.4) is 0 Å². The summed E-state index contributed by atoms with van der Waals surface area (Å²) < 4.78 is 37.6. The summed E-state index contributed by atoms with van der Waals surface area (Å²) in [7, 11) is -4.17. The summed E-state index contributed by atoms with van der Waals surface area (Å²) in [5.74, 6) is -1.29. The number of aryl methyl sites for hydroxylation is 1. The highest BCUT2D eigenvalue weighted by atomic mass is 35.6. The third kappa shape index (κ3) is 13.5. The number of carboxylic acid groups (broad SMARTS) is 1. The molecule has 1 aromatic carbocycles. The number of halogens is 6. The van der Waals surface area contributed by atoms with E-state index >= 15 is 0 Å². The molecule has 7 nitrogen and oxygen atoms in total. The van der Waals surface area contributed by atoms with Gasteiger partial charge in [-0.05, 0) is 38.0 Å². The molecule has 0 atom stereocenters. The molecule has 188 valence electrons. The first-order valence-electron chi connectivity index (χ1n) is 9.27. The van der Waals surface area contributed by atoms with Crippen molar-refractivity contribution in [2.24, 2.45) is 0 Å². The van der Waals surface area contributed by atoms with Crippen LogP contribution < -0.4 is 0 Å². The quantitative estimate of drug-likeness (QED) is 0.128. The molecular weight excluding hydrogens is 585 g/mol. The first kappa shape index (κ1) is 30.9. The van der Waals surface area contributed by atoms with E-state index in [1.165, 1.54) is 19.1 Å². The topological polar surface area (TPSA) is 99.1 Å². The molecule has 0 aliphatic heterocycles. The number of benzene rings is 1. The van der Waals surface area contributed by atoms with Gasteiger partial charge in [0.1, 0.15) is 10.7 Å². The highest BCUT2D eigenvalue weighted by Crippen LogP contribution is 2.30. The maximum atomic E-state index is 12.6. The summed E-state index contributed by atoms with van der Waals surface area (Å²) in [6.45, 7) is 2.43. The molecule has 0 aliphatic rings. The van der Waals surface area contributed by atoms with Crippen LogP contribution in [0.5, 0.6) is 0 Å². The van der Waals surface area contributed by atoms with Gasteiger partial charge in [0.2, 0.25) is 7.59 Å². The first-order valence-corrected chi connectivity index (χ1v) is 12.9. The molecule has 0 amide bonds. The minimum absolute atomic E-state index is 0.00589. The SMILES string of the molecule is C/C(OS(=O)(=O)c1ccc(C)cc1)=C(\CCC(OCC(Cl)(Cl)Cl)OCC(Cl)(Cl)Cl)CC(=O)O. The Bertz CT molecular complexity index is 903. The van der Waals surface area contributed by atoms with Crippen molar-refractivity contribution in [3.8, 4) is 0 Å². The lowest BCUT2D eigenvalue weighted by Crippen LogP contribution is -2.27. The number of alkyl halides is 6. The summed E-state index contributed by atoms with van der Waals surface area (Å²) in [6.07, 6.45) is -1.51. The lowest BCUT2D eigenvalue weighted by Gasteiger charge is -2.23. The van der Waals surface area contributed by atoms with Crippen molar-refractivity contribution < 1.29 is 32.0 Å². The Morgan fingerprint density at radius 1 is 1.00 bits per heavy atom. The van der Waals surface area contributed by atoms with Gasteiger partial charge in [-0.25, -0.2) is 0 Å². The van der Waals surface area contributed by atoms with Crippen LogP contribution in [0.4, 0.5) is 0 Å². The summed E-state index contributed by atoms with van der Waals surface area (Å²) >= 11 is 34.1. The smallest absolute Gasteiger partial charge is 0.338 e. The van der Waals surface area contributed by atoms with Gasteiger partial charge in [-0.2, -0.15) is 8.42 Å². The summed E-state index contributed by atoms with van der Waals surface area (Å²) in [5.41, 5.74) is 1.04. The Morgan fingerprint density at radius 2 is 1.48 bits per heavy atom. The van der Waals surface area contributed by atoms with E-state index in [0.29, 0.717) is 0 Å². The number of ether oxygens (including phenoxy) is 2. The zero-order valence-electron chi connectivity index (χ0n) is 17.5. The Morgan fingerprint density at radius 3 is 1.91 bits per heavy atom. The van der Waals surface area contributed by atoms with E-state index in [-0.39, 0.29) is 42.3 Å². The molecule has 1 N–H and O–H groups in total. The highest BCUT2D eigenvalue weighted by molar-refractivity contribution is 7.86. The van der Waals surface area contributed by atoms with Crippen molar-refractivity contribution in [2.45, 2.75) is 51.9 Å². The zero-order valence-corrected chi connectivity index (χ0v) is 22.8. The minimum Gasteiger partial charge on any atom is -0.481 e. The molecule has 1 aromatic rings. The molecule has 14 heteroatoms. The van der Waals surface area contributed by atoms with Crippen molar-refractivity contribution in [3.05, 3.63) is 41.2 Å². The van der Waals surface area contributed by atoms with E-state index in [0.717, 1.165) is 5.56 Å². The summed E-state index contributed by atoms with van der Waals surface area (Å²) in [6, 6.07) is 6.00. The van der Waals surface area contributed by atoms with Crippen LogP contribution in [0, 0.1) is 6.92 Å². The van der Waals surface area contributed by atoms with Gasteiger partial charge in [0.05, 0.1) is 19.6 Å². The molecule has 0 aliphatic carbocycles. The number of hydrogen-bond acceptors (Lipinski definition) is 6. The number of rotatable bonds is 12. The zero-order chi connectivity index (χ0) is 25.4. The predicted octanol–water partition coefficient (Wildman–Crippen LogP) is 6.33. The molecule has 0 radical (unpaired) electrons. The van der Waals surface area contributed by atoms with Crippen LogP contribution in [0.25, 0.3) is 0 Å². The van der Waals surface area contributed by atoms with E-state index in [9.17, 15) is 18.3 Å². The average Bonchev–Trinajstić information content (AvgIpc) is 2.64. The lowest BCUT2D eigenvalue weighted by molar-refractivity contribution is -0.144. The fourth-order valence-corrected chi connectivity index (χ4v) is 3.82. The number of allylic oxidation sites excluding steroid dienone is 1. The lowest BCUT2D eigenvalue weighted by atomic mass is 10.1. The molecule has 0 spiro atoms. The van der Waals surface area contributed by atoms with Gasteiger partial charge >= 0.3 is 16.1 Å². The van der Waals surface area contributed by atoms with E-state index in [2.05, 4.69) is 0 Å². The second-order valence-electron chi connectivity index (χ2n) is 6.90. The molecular formula is C19H22Cl6O7S. The molecule has 1 rings (SSSR count). The normalized spacial score (nSPS) is 13.7. The van der Waals surface area contributed by atoms with Crippen LogP contribution in [-0.2, 0) is 28.6 Å². The summed E-state index contributed by atoms with van der Waals surface area (Å²) in [4.78, 5) is 11.3. The number of aliphatic carboxylic acids is 1. The molecule has 0 fully saturated rings. The predicted molar refractivity (Wildman–Crippen MR) is 130 cm³/mol. The molecule has 0 saturated carbocycles. The Labute approximate surface area is 222 Å². The fourth-order valence-electron chi connectivity index (χ4n) is 2.43. The fraction of sp³-hybridized carbons (Fsp3) is 0.526. The van der Waals surface area contributed by atoms with Gasteiger partial charge < -0.3 is 18.8 Å². The molecule has 0 unspecified atom stereocenters. The van der Waals surface area contributed by atoms with Crippen LogP contribution in [-0.4, -0.2) is 46.6 Å². The summed E-state index contributed by atoms with van der Waals surface area (Å²) in [5, 5.41) is 9.26. The molecule has 33 heavy (non-hydrogen) atoms. The van der Waals surface area contributed by atoms with E-state index < -0.39 is 36.4 Å². The minimum atomic E-state index is -4.17. The van der Waals surface area contributed by atoms with Crippen LogP contribution in [0.15, 0.2) is 40.5 Å². The highest BCUT2D eigenvalue weighted by Gasteiger charge is 2.27. The molecule has 0 heterocycles. The van der Waals surface area contributed by atoms with Gasteiger partial charge in [-0.1, -0.05) is 87.3 Å². The largest absolute Gasteiger partial charge is 0.481 e. The Kier molecular flexibility index (Phi) is 12.4. The average molecular weight is 607 g/mol. The van der Waals surface area contributed by atoms with Crippen molar-refractivity contribution in [3.63, 3.8) is 0 Å². The second-order valence-corrected chi connectivity index (χ2v) is 13.5. The van der Waals surface area contributed by atoms with Gasteiger partial charge in [0.25, 0.3) is 0 Å².